The molecule has 5 nitrogen and oxygen atoms in total. The van der Waals surface area contributed by atoms with Gasteiger partial charge in [0, 0.05) is 25.0 Å². The monoisotopic (exact) mass is 557 g/mol. The van der Waals surface area contributed by atoms with Crippen molar-refractivity contribution >= 4 is 5.97 Å². The predicted molar refractivity (Wildman–Crippen MR) is 162 cm³/mol. The summed E-state index contributed by atoms with van der Waals surface area (Å²) in [7, 11) is 1.96. The van der Waals surface area contributed by atoms with Crippen molar-refractivity contribution in [3.05, 3.63) is 101 Å². The van der Waals surface area contributed by atoms with Crippen molar-refractivity contribution in [2.75, 3.05) is 26.7 Å². The van der Waals surface area contributed by atoms with E-state index in [1.54, 1.807) is 12.1 Å². The molecule has 1 aromatic heterocycles. The second kappa shape index (κ2) is 13.3. The van der Waals surface area contributed by atoms with Gasteiger partial charge in [0.2, 0.25) is 0 Å². The number of piperidine rings is 1. The summed E-state index contributed by atoms with van der Waals surface area (Å²) in [5, 5.41) is 9.93. The van der Waals surface area contributed by atoms with Crippen LogP contribution in [0.4, 0.5) is 4.39 Å². The molecule has 0 unspecified atom stereocenters. The molecule has 1 saturated heterocycles. The van der Waals surface area contributed by atoms with E-state index in [4.69, 9.17) is 0 Å². The summed E-state index contributed by atoms with van der Waals surface area (Å²) in [5.74, 6) is 0.141. The Morgan fingerprint density at radius 1 is 1.00 bits per heavy atom. The summed E-state index contributed by atoms with van der Waals surface area (Å²) >= 11 is 0. The Bertz CT molecular complexity index is 1290. The van der Waals surface area contributed by atoms with Crippen molar-refractivity contribution in [2.24, 2.45) is 11.8 Å². The molecule has 0 spiro atoms. The van der Waals surface area contributed by atoms with Crippen LogP contribution < -0.4 is 0 Å². The molecule has 41 heavy (non-hydrogen) atoms. The highest BCUT2D eigenvalue weighted by Gasteiger charge is 2.41. The molecular weight excluding hydrogens is 513 g/mol. The average molecular weight is 558 g/mol. The molecule has 218 valence electrons. The molecular formula is C35H44FN3O2. The number of nitrogens with zero attached hydrogens (tertiary/aromatic N) is 3. The van der Waals surface area contributed by atoms with Crippen LogP contribution in [0.5, 0.6) is 0 Å². The summed E-state index contributed by atoms with van der Waals surface area (Å²) in [6.07, 6.45) is 8.92. The standard InChI is InChI=1S/C35H44FN3O2/c1-24(2)34(35(40)41)38(3)32-19-30(33(20-32)28-10-7-11-31(36)18-28)23-39-14-12-27(13-15-39)29-17-26(21-37-22-29)16-25-8-5-4-6-9-25/h4-11,17-18,21-22,24,27,30,32-34H,12-16,19-20,23H2,1-3H3,(H,40,41)/t30-,32+,33-,34-/m1/s1. The summed E-state index contributed by atoms with van der Waals surface area (Å²) in [6, 6.07) is 19.6. The molecule has 0 radical (unpaired) electrons. The van der Waals surface area contributed by atoms with Gasteiger partial charge in [-0.15, -0.1) is 0 Å². The molecule has 2 aliphatic rings. The van der Waals surface area contributed by atoms with E-state index < -0.39 is 12.0 Å². The Morgan fingerprint density at radius 2 is 1.76 bits per heavy atom. The summed E-state index contributed by atoms with van der Waals surface area (Å²) in [4.78, 5) is 21.3. The minimum atomic E-state index is -0.766. The van der Waals surface area contributed by atoms with Gasteiger partial charge in [-0.05, 0) is 110 Å². The first-order chi connectivity index (χ1) is 19.8. The number of hydrogen-bond donors (Lipinski definition) is 1. The Morgan fingerprint density at radius 3 is 2.44 bits per heavy atom. The van der Waals surface area contributed by atoms with Crippen molar-refractivity contribution in [3.8, 4) is 0 Å². The number of rotatable bonds is 10. The highest BCUT2D eigenvalue weighted by Crippen LogP contribution is 2.43. The third kappa shape index (κ3) is 7.22. The number of likely N-dealkylation sites (tertiary alicyclic amines) is 1. The van der Waals surface area contributed by atoms with Gasteiger partial charge in [-0.3, -0.25) is 14.7 Å². The van der Waals surface area contributed by atoms with Crippen molar-refractivity contribution in [1.29, 1.82) is 0 Å². The molecule has 1 aliphatic heterocycles. The first kappa shape index (κ1) is 29.4. The number of carboxylic acids is 1. The van der Waals surface area contributed by atoms with Gasteiger partial charge < -0.3 is 10.0 Å². The number of benzene rings is 2. The van der Waals surface area contributed by atoms with E-state index in [0.717, 1.165) is 57.3 Å². The van der Waals surface area contributed by atoms with Crippen LogP contribution >= 0.6 is 0 Å². The van der Waals surface area contributed by atoms with Crippen LogP contribution in [0.15, 0.2) is 73.1 Å². The zero-order valence-corrected chi connectivity index (χ0v) is 24.6. The van der Waals surface area contributed by atoms with Crippen LogP contribution in [0.2, 0.25) is 0 Å². The van der Waals surface area contributed by atoms with Crippen LogP contribution in [0.3, 0.4) is 0 Å². The van der Waals surface area contributed by atoms with Gasteiger partial charge >= 0.3 is 5.97 Å². The minimum Gasteiger partial charge on any atom is -0.480 e. The van der Waals surface area contributed by atoms with Crippen molar-refractivity contribution in [3.63, 3.8) is 0 Å². The van der Waals surface area contributed by atoms with Gasteiger partial charge in [-0.25, -0.2) is 4.39 Å². The van der Waals surface area contributed by atoms with E-state index in [1.807, 2.05) is 39.4 Å². The van der Waals surface area contributed by atoms with Gasteiger partial charge in [-0.2, -0.15) is 0 Å². The molecule has 2 aromatic carbocycles. The molecule has 2 fully saturated rings. The number of likely N-dealkylation sites (N-methyl/N-ethyl adjacent to an activating group) is 1. The van der Waals surface area contributed by atoms with Gasteiger partial charge in [0.05, 0.1) is 0 Å². The lowest BCUT2D eigenvalue weighted by molar-refractivity contribution is -0.145. The molecule has 0 bridgehead atoms. The highest BCUT2D eigenvalue weighted by molar-refractivity contribution is 5.73. The van der Waals surface area contributed by atoms with E-state index in [-0.39, 0.29) is 23.7 Å². The quantitative estimate of drug-likeness (QED) is 0.305. The number of carboxylic acid groups (broad SMARTS) is 1. The molecule has 5 rings (SSSR count). The fourth-order valence-corrected chi connectivity index (χ4v) is 7.37. The Kier molecular flexibility index (Phi) is 9.51. The largest absolute Gasteiger partial charge is 0.480 e. The third-order valence-corrected chi connectivity index (χ3v) is 9.46. The first-order valence-electron chi connectivity index (χ1n) is 15.2. The van der Waals surface area contributed by atoms with E-state index in [1.165, 1.54) is 22.8 Å². The average Bonchev–Trinajstić information content (AvgIpc) is 3.38. The first-order valence-corrected chi connectivity index (χ1v) is 15.2. The van der Waals surface area contributed by atoms with Gasteiger partial charge in [0.15, 0.2) is 0 Å². The zero-order chi connectivity index (χ0) is 28.9. The second-order valence-electron chi connectivity index (χ2n) is 12.6. The Labute approximate surface area is 244 Å². The van der Waals surface area contributed by atoms with Crippen LogP contribution in [0, 0.1) is 17.7 Å². The smallest absolute Gasteiger partial charge is 0.321 e. The predicted octanol–water partition coefficient (Wildman–Crippen LogP) is 6.59. The van der Waals surface area contributed by atoms with Crippen LogP contribution in [0.1, 0.15) is 73.6 Å². The number of aromatic nitrogens is 1. The maximum Gasteiger partial charge on any atom is 0.321 e. The molecule has 1 aliphatic carbocycles. The number of halogens is 1. The summed E-state index contributed by atoms with van der Waals surface area (Å²) < 4.78 is 14.3. The second-order valence-corrected chi connectivity index (χ2v) is 12.6. The van der Waals surface area contributed by atoms with E-state index in [0.29, 0.717) is 11.8 Å². The number of carbonyl (C=O) groups is 1. The molecule has 3 aromatic rings. The normalized spacial score (nSPS) is 22.8. The fourth-order valence-electron chi connectivity index (χ4n) is 7.37. The van der Waals surface area contributed by atoms with Crippen molar-refractivity contribution < 1.29 is 14.3 Å². The van der Waals surface area contributed by atoms with Crippen LogP contribution in [-0.2, 0) is 11.2 Å². The number of hydrogen-bond acceptors (Lipinski definition) is 4. The Balaban J connectivity index is 1.24. The molecule has 2 heterocycles. The molecule has 6 heteroatoms. The maximum atomic E-state index is 14.3. The van der Waals surface area contributed by atoms with Crippen LogP contribution in [0.25, 0.3) is 0 Å². The van der Waals surface area contributed by atoms with E-state index in [9.17, 15) is 14.3 Å². The topological polar surface area (TPSA) is 56.7 Å². The third-order valence-electron chi connectivity index (χ3n) is 9.46. The molecule has 0 amide bonds. The number of pyridine rings is 1. The lowest BCUT2D eigenvalue weighted by Crippen LogP contribution is -2.47. The molecule has 1 N–H and O–H groups in total. The fraction of sp³-hybridized carbons (Fsp3) is 0.486. The Hall–Kier alpha value is -3.09. The van der Waals surface area contributed by atoms with Gasteiger partial charge in [-0.1, -0.05) is 62.4 Å². The van der Waals surface area contributed by atoms with Gasteiger partial charge in [0.25, 0.3) is 0 Å². The highest BCUT2D eigenvalue weighted by atomic mass is 19.1. The van der Waals surface area contributed by atoms with Crippen molar-refractivity contribution in [2.45, 2.75) is 69.9 Å². The summed E-state index contributed by atoms with van der Waals surface area (Å²) in [6.45, 7) is 6.98. The number of aliphatic carboxylic acids is 1. The lowest BCUT2D eigenvalue weighted by atomic mass is 9.86. The van der Waals surface area contributed by atoms with Crippen molar-refractivity contribution in [1.82, 2.24) is 14.8 Å². The zero-order valence-electron chi connectivity index (χ0n) is 24.6. The van der Waals surface area contributed by atoms with Crippen LogP contribution in [-0.4, -0.2) is 64.6 Å². The lowest BCUT2D eigenvalue weighted by Gasteiger charge is -2.35. The van der Waals surface area contributed by atoms with E-state index >= 15 is 0 Å². The minimum absolute atomic E-state index is 0.0175. The van der Waals surface area contributed by atoms with E-state index in [2.05, 4.69) is 51.2 Å². The summed E-state index contributed by atoms with van der Waals surface area (Å²) in [5.41, 5.74) is 4.94. The molecule has 1 saturated carbocycles. The molecule has 4 atom stereocenters. The SMILES string of the molecule is CC(C)[C@H](C(=O)O)N(C)[C@H]1C[C@H](CN2CCC(c3cncc(Cc4ccccc4)c3)CC2)[C@@H](c2cccc(F)c2)C1. The maximum absolute atomic E-state index is 14.3. The van der Waals surface area contributed by atoms with Gasteiger partial charge in [0.1, 0.15) is 11.9 Å².